The van der Waals surface area contributed by atoms with E-state index in [1.54, 1.807) is 12.1 Å². The molecule has 0 saturated carbocycles. The lowest BCUT2D eigenvalue weighted by atomic mass is 10.3. The van der Waals surface area contributed by atoms with Gasteiger partial charge in [-0.3, -0.25) is 0 Å². The summed E-state index contributed by atoms with van der Waals surface area (Å²) in [6.07, 6.45) is -1.63. The molecule has 0 spiro atoms. The maximum absolute atomic E-state index is 12.5. The van der Waals surface area contributed by atoms with Gasteiger partial charge in [0.2, 0.25) is 0 Å². The summed E-state index contributed by atoms with van der Waals surface area (Å²) in [6.45, 7) is -1.32. The van der Waals surface area contributed by atoms with Crippen molar-refractivity contribution in [3.05, 3.63) is 24.3 Å². The summed E-state index contributed by atoms with van der Waals surface area (Å²) in [5.74, 6) is 0.0434. The van der Waals surface area contributed by atoms with Crippen LogP contribution in [0.1, 0.15) is 0 Å². The van der Waals surface area contributed by atoms with Crippen molar-refractivity contribution in [3.8, 4) is 5.75 Å². The Morgan fingerprint density at radius 3 is 2.36 bits per heavy atom. The highest BCUT2D eigenvalue weighted by molar-refractivity contribution is 7.98. The van der Waals surface area contributed by atoms with Gasteiger partial charge in [0.15, 0.2) is 0 Å². The van der Waals surface area contributed by atoms with E-state index < -0.39 is 12.7 Å². The number of halogens is 2. The monoisotopic (exact) mass is 220 g/mol. The molecule has 0 fully saturated rings. The Bertz CT molecular complexity index is 287. The Kier molecular flexibility index (Phi) is 3.71. The minimum Gasteiger partial charge on any atom is -0.431 e. The van der Waals surface area contributed by atoms with Crippen molar-refractivity contribution in [1.29, 1.82) is 0 Å². The van der Waals surface area contributed by atoms with Crippen molar-refractivity contribution < 1.29 is 18.6 Å². The molecular formula is C9H10F2O2S. The van der Waals surface area contributed by atoms with Crippen LogP contribution in [0.4, 0.5) is 8.78 Å². The van der Waals surface area contributed by atoms with Gasteiger partial charge in [0.1, 0.15) is 12.4 Å². The van der Waals surface area contributed by atoms with Gasteiger partial charge in [0, 0.05) is 4.90 Å². The van der Waals surface area contributed by atoms with Crippen LogP contribution in [0.2, 0.25) is 0 Å². The van der Waals surface area contributed by atoms with Crippen LogP contribution in [-0.2, 0) is 0 Å². The fourth-order valence-corrected chi connectivity index (χ4v) is 1.26. The van der Waals surface area contributed by atoms with Crippen molar-refractivity contribution >= 4 is 11.8 Å². The average molecular weight is 220 g/mol. The number of aliphatic hydroxyl groups excluding tert-OH is 1. The van der Waals surface area contributed by atoms with Gasteiger partial charge in [0.05, 0.1) is 0 Å². The normalized spacial score (nSPS) is 11.4. The first-order valence-electron chi connectivity index (χ1n) is 3.89. The van der Waals surface area contributed by atoms with Crippen LogP contribution in [0.5, 0.6) is 5.75 Å². The van der Waals surface area contributed by atoms with E-state index in [-0.39, 0.29) is 5.75 Å². The van der Waals surface area contributed by atoms with E-state index in [0.717, 1.165) is 4.90 Å². The molecule has 0 heterocycles. The van der Waals surface area contributed by atoms with Gasteiger partial charge >= 0.3 is 6.11 Å². The number of ether oxygens (including phenoxy) is 1. The van der Waals surface area contributed by atoms with E-state index in [2.05, 4.69) is 4.74 Å². The highest BCUT2D eigenvalue weighted by Crippen LogP contribution is 2.23. The van der Waals surface area contributed by atoms with Gasteiger partial charge in [-0.1, -0.05) is 0 Å². The fourth-order valence-electron chi connectivity index (χ4n) is 0.848. The summed E-state index contributed by atoms with van der Waals surface area (Å²) in [5.41, 5.74) is 0. The number of thioether (sulfide) groups is 1. The predicted molar refractivity (Wildman–Crippen MR) is 50.9 cm³/mol. The number of rotatable bonds is 4. The zero-order valence-corrected chi connectivity index (χ0v) is 8.35. The third kappa shape index (κ3) is 3.16. The molecule has 5 heteroatoms. The highest BCUT2D eigenvalue weighted by Gasteiger charge is 2.30. The average Bonchev–Trinajstić information content (AvgIpc) is 2.19. The molecule has 0 aliphatic carbocycles. The van der Waals surface area contributed by atoms with E-state index >= 15 is 0 Å². The zero-order valence-electron chi connectivity index (χ0n) is 7.54. The smallest absolute Gasteiger partial charge is 0.421 e. The van der Waals surface area contributed by atoms with E-state index in [1.165, 1.54) is 23.9 Å². The molecule has 78 valence electrons. The summed E-state index contributed by atoms with van der Waals surface area (Å²) in [4.78, 5) is 0.963. The Hall–Kier alpha value is -0.810. The molecular weight excluding hydrogens is 210 g/mol. The molecule has 0 aromatic heterocycles. The molecule has 2 nitrogen and oxygen atoms in total. The molecule has 0 aliphatic heterocycles. The van der Waals surface area contributed by atoms with Crippen LogP contribution in [-0.4, -0.2) is 24.1 Å². The van der Waals surface area contributed by atoms with Crippen molar-refractivity contribution in [2.24, 2.45) is 0 Å². The number of aliphatic hydroxyl groups is 1. The lowest BCUT2D eigenvalue weighted by Gasteiger charge is -2.15. The second-order valence-corrected chi connectivity index (χ2v) is 3.45. The summed E-state index contributed by atoms with van der Waals surface area (Å²) in [6, 6.07) is 6.23. The van der Waals surface area contributed by atoms with E-state index in [4.69, 9.17) is 5.11 Å². The number of hydrogen-bond acceptors (Lipinski definition) is 3. The molecule has 0 unspecified atom stereocenters. The Morgan fingerprint density at radius 2 is 1.93 bits per heavy atom. The van der Waals surface area contributed by atoms with Gasteiger partial charge in [0.25, 0.3) is 0 Å². The van der Waals surface area contributed by atoms with E-state index in [0.29, 0.717) is 0 Å². The van der Waals surface area contributed by atoms with Crippen LogP contribution in [0.25, 0.3) is 0 Å². The SMILES string of the molecule is CSc1ccc(OC(F)(F)CO)cc1. The molecule has 1 aromatic carbocycles. The van der Waals surface area contributed by atoms with Crippen molar-refractivity contribution in [2.45, 2.75) is 11.0 Å². The van der Waals surface area contributed by atoms with Crippen molar-refractivity contribution in [1.82, 2.24) is 0 Å². The van der Waals surface area contributed by atoms with Gasteiger partial charge in [-0.2, -0.15) is 8.78 Å². The Labute approximate surface area is 84.9 Å². The molecule has 0 radical (unpaired) electrons. The maximum atomic E-state index is 12.5. The molecule has 1 rings (SSSR count). The van der Waals surface area contributed by atoms with Gasteiger partial charge < -0.3 is 9.84 Å². The van der Waals surface area contributed by atoms with Gasteiger partial charge in [-0.15, -0.1) is 11.8 Å². The quantitative estimate of drug-likeness (QED) is 0.790. The molecule has 0 atom stereocenters. The summed E-state index contributed by atoms with van der Waals surface area (Å²) < 4.78 is 29.3. The molecule has 0 aliphatic rings. The topological polar surface area (TPSA) is 29.5 Å². The zero-order chi connectivity index (χ0) is 10.6. The van der Waals surface area contributed by atoms with E-state index in [1.807, 2.05) is 6.26 Å². The number of benzene rings is 1. The Balaban J connectivity index is 2.69. The third-order valence-corrected chi connectivity index (χ3v) is 2.25. The third-order valence-electron chi connectivity index (χ3n) is 1.51. The van der Waals surface area contributed by atoms with Crippen molar-refractivity contribution in [2.75, 3.05) is 12.9 Å². The van der Waals surface area contributed by atoms with Gasteiger partial charge in [-0.05, 0) is 30.5 Å². The molecule has 1 N–H and O–H groups in total. The molecule has 0 saturated heterocycles. The first kappa shape index (κ1) is 11.3. The standard InChI is InChI=1S/C9H10F2O2S/c1-14-8-4-2-7(3-5-8)13-9(10,11)6-12/h2-5,12H,6H2,1H3. The second-order valence-electron chi connectivity index (χ2n) is 2.57. The highest BCUT2D eigenvalue weighted by atomic mass is 32.2. The molecule has 0 bridgehead atoms. The fraction of sp³-hybridized carbons (Fsp3) is 0.333. The number of hydrogen-bond donors (Lipinski definition) is 1. The summed E-state index contributed by atoms with van der Waals surface area (Å²) >= 11 is 1.51. The summed E-state index contributed by atoms with van der Waals surface area (Å²) in [5, 5.41) is 8.28. The van der Waals surface area contributed by atoms with Gasteiger partial charge in [-0.25, -0.2) is 0 Å². The molecule has 14 heavy (non-hydrogen) atoms. The number of alkyl halides is 2. The van der Waals surface area contributed by atoms with Crippen molar-refractivity contribution in [3.63, 3.8) is 0 Å². The van der Waals surface area contributed by atoms with Crippen LogP contribution in [0.3, 0.4) is 0 Å². The minimum absolute atomic E-state index is 0.0434. The molecule has 1 aromatic rings. The largest absolute Gasteiger partial charge is 0.431 e. The van der Waals surface area contributed by atoms with Crippen LogP contribution in [0, 0.1) is 0 Å². The van der Waals surface area contributed by atoms with Crippen LogP contribution >= 0.6 is 11.8 Å². The second kappa shape index (κ2) is 4.61. The lowest BCUT2D eigenvalue weighted by Crippen LogP contribution is -2.28. The van der Waals surface area contributed by atoms with Crippen LogP contribution in [0.15, 0.2) is 29.2 Å². The molecule has 0 amide bonds. The minimum atomic E-state index is -3.51. The maximum Gasteiger partial charge on any atom is 0.421 e. The first-order chi connectivity index (χ1) is 6.57. The lowest BCUT2D eigenvalue weighted by molar-refractivity contribution is -0.200. The predicted octanol–water partition coefficient (Wildman–Crippen LogP) is 2.37. The summed E-state index contributed by atoms with van der Waals surface area (Å²) in [7, 11) is 0. The Morgan fingerprint density at radius 1 is 1.36 bits per heavy atom. The van der Waals surface area contributed by atoms with E-state index in [9.17, 15) is 8.78 Å². The van der Waals surface area contributed by atoms with Crippen LogP contribution < -0.4 is 4.74 Å². The first-order valence-corrected chi connectivity index (χ1v) is 5.11.